The Labute approximate surface area is 94.6 Å². The predicted molar refractivity (Wildman–Crippen MR) is 57.4 cm³/mol. The second-order valence-electron chi connectivity index (χ2n) is 2.98. The van der Waals surface area contributed by atoms with E-state index in [1.807, 2.05) is 0 Å². The first-order chi connectivity index (χ1) is 7.58. The third-order valence-electron chi connectivity index (χ3n) is 1.90. The van der Waals surface area contributed by atoms with Crippen LogP contribution in [-0.2, 0) is 0 Å². The molecule has 7 nitrogen and oxygen atoms in total. The van der Waals surface area contributed by atoms with Gasteiger partial charge < -0.3 is 5.73 Å². The number of aromatic nitrogens is 3. The largest absolute Gasteiger partial charge is 0.381 e. The molecule has 2 N–H and O–H groups in total. The second kappa shape index (κ2) is 3.78. The zero-order valence-electron chi connectivity index (χ0n) is 7.87. The molecule has 0 atom stereocenters. The van der Waals surface area contributed by atoms with E-state index in [0.717, 1.165) is 0 Å². The van der Waals surface area contributed by atoms with Gasteiger partial charge in [0.1, 0.15) is 5.02 Å². The maximum atomic E-state index is 10.5. The van der Waals surface area contributed by atoms with Gasteiger partial charge in [-0.2, -0.15) is 0 Å². The van der Waals surface area contributed by atoms with E-state index in [9.17, 15) is 10.1 Å². The monoisotopic (exact) mass is 239 g/mol. The van der Waals surface area contributed by atoms with Crippen LogP contribution in [0.25, 0.3) is 5.69 Å². The third-order valence-corrected chi connectivity index (χ3v) is 2.21. The Kier molecular flexibility index (Phi) is 2.45. The Morgan fingerprint density at radius 2 is 2.25 bits per heavy atom. The van der Waals surface area contributed by atoms with Crippen molar-refractivity contribution < 1.29 is 4.92 Å². The molecule has 0 fully saturated rings. The van der Waals surface area contributed by atoms with Gasteiger partial charge in [0.2, 0.25) is 0 Å². The van der Waals surface area contributed by atoms with Gasteiger partial charge in [-0.25, -0.2) is 4.68 Å². The summed E-state index contributed by atoms with van der Waals surface area (Å²) in [5.74, 6) is 0.259. The van der Waals surface area contributed by atoms with Crippen LogP contribution < -0.4 is 5.73 Å². The van der Waals surface area contributed by atoms with E-state index in [4.69, 9.17) is 17.3 Å². The lowest BCUT2D eigenvalue weighted by molar-refractivity contribution is -0.384. The van der Waals surface area contributed by atoms with Crippen LogP contribution in [0.15, 0.2) is 24.4 Å². The highest BCUT2D eigenvalue weighted by Gasteiger charge is 2.13. The Morgan fingerprint density at radius 1 is 1.50 bits per heavy atom. The van der Waals surface area contributed by atoms with Gasteiger partial charge in [-0.15, -0.1) is 5.10 Å². The zero-order valence-corrected chi connectivity index (χ0v) is 8.63. The summed E-state index contributed by atoms with van der Waals surface area (Å²) in [7, 11) is 0. The van der Waals surface area contributed by atoms with Gasteiger partial charge in [0, 0.05) is 6.07 Å². The van der Waals surface area contributed by atoms with E-state index >= 15 is 0 Å². The summed E-state index contributed by atoms with van der Waals surface area (Å²) in [6.07, 6.45) is 1.48. The van der Waals surface area contributed by atoms with E-state index in [1.165, 1.54) is 29.1 Å². The van der Waals surface area contributed by atoms with Crippen LogP contribution in [0.1, 0.15) is 0 Å². The average Bonchev–Trinajstić information content (AvgIpc) is 2.64. The van der Waals surface area contributed by atoms with Crippen molar-refractivity contribution in [2.24, 2.45) is 0 Å². The van der Waals surface area contributed by atoms with Crippen molar-refractivity contribution in [3.8, 4) is 5.69 Å². The molecule has 16 heavy (non-hydrogen) atoms. The van der Waals surface area contributed by atoms with Crippen LogP contribution >= 0.6 is 11.6 Å². The van der Waals surface area contributed by atoms with Crippen LogP contribution in [0, 0.1) is 10.1 Å². The molecule has 0 saturated heterocycles. The molecule has 0 aliphatic carbocycles. The van der Waals surface area contributed by atoms with Gasteiger partial charge in [0.05, 0.1) is 16.8 Å². The minimum atomic E-state index is -0.554. The molecule has 2 rings (SSSR count). The Balaban J connectivity index is 2.45. The predicted octanol–water partition coefficient (Wildman–Crippen LogP) is 1.41. The van der Waals surface area contributed by atoms with Crippen molar-refractivity contribution in [2.45, 2.75) is 0 Å². The summed E-state index contributed by atoms with van der Waals surface area (Å²) in [5, 5.41) is 17.9. The molecule has 8 heteroatoms. The summed E-state index contributed by atoms with van der Waals surface area (Å²) in [5.41, 5.74) is 5.80. The normalized spacial score (nSPS) is 10.3. The van der Waals surface area contributed by atoms with Crippen molar-refractivity contribution in [1.29, 1.82) is 0 Å². The summed E-state index contributed by atoms with van der Waals surface area (Å²) < 4.78 is 1.38. The number of halogens is 1. The summed E-state index contributed by atoms with van der Waals surface area (Å²) >= 11 is 5.75. The minimum absolute atomic E-state index is 0.0385. The van der Waals surface area contributed by atoms with Gasteiger partial charge in [0.25, 0.3) is 5.69 Å². The number of nitrogens with zero attached hydrogens (tertiary/aromatic N) is 4. The quantitative estimate of drug-likeness (QED) is 0.631. The molecule has 0 bridgehead atoms. The van der Waals surface area contributed by atoms with Crippen LogP contribution in [0.4, 0.5) is 11.5 Å². The lowest BCUT2D eigenvalue weighted by Gasteiger charge is -2.00. The molecule has 0 aliphatic heterocycles. The highest BCUT2D eigenvalue weighted by Crippen LogP contribution is 2.26. The molecule has 1 aromatic heterocycles. The van der Waals surface area contributed by atoms with Crippen molar-refractivity contribution in [2.75, 3.05) is 5.73 Å². The second-order valence-corrected chi connectivity index (χ2v) is 3.39. The smallest absolute Gasteiger partial charge is 0.288 e. The van der Waals surface area contributed by atoms with Gasteiger partial charge in [-0.1, -0.05) is 16.8 Å². The Bertz CT molecular complexity index is 553. The van der Waals surface area contributed by atoms with Gasteiger partial charge in [0.15, 0.2) is 5.82 Å². The first kappa shape index (κ1) is 10.4. The number of nitrogens with two attached hydrogens (primary N) is 1. The van der Waals surface area contributed by atoms with Gasteiger partial charge in [-0.05, 0) is 12.1 Å². The summed E-state index contributed by atoms with van der Waals surface area (Å²) in [6.45, 7) is 0. The molecule has 2 aromatic rings. The first-order valence-corrected chi connectivity index (χ1v) is 4.58. The molecule has 0 aliphatic rings. The third kappa shape index (κ3) is 1.80. The van der Waals surface area contributed by atoms with Crippen LogP contribution in [0.2, 0.25) is 5.02 Å². The fourth-order valence-corrected chi connectivity index (χ4v) is 1.43. The van der Waals surface area contributed by atoms with Crippen LogP contribution in [0.3, 0.4) is 0 Å². The van der Waals surface area contributed by atoms with Crippen molar-refractivity contribution in [3.05, 3.63) is 39.5 Å². The summed E-state index contributed by atoms with van der Waals surface area (Å²) in [4.78, 5) is 9.99. The van der Waals surface area contributed by atoms with Crippen molar-refractivity contribution >= 4 is 23.1 Å². The number of rotatable bonds is 2. The molecule has 0 amide bonds. The maximum absolute atomic E-state index is 10.5. The number of hydrogen-bond donors (Lipinski definition) is 1. The molecular formula is C8H6ClN5O2. The molecule has 0 unspecified atom stereocenters. The fraction of sp³-hybridized carbons (Fsp3) is 0. The fourth-order valence-electron chi connectivity index (χ4n) is 1.19. The molecule has 1 heterocycles. The first-order valence-electron chi connectivity index (χ1n) is 4.20. The Morgan fingerprint density at radius 3 is 2.75 bits per heavy atom. The highest BCUT2D eigenvalue weighted by molar-refractivity contribution is 6.32. The number of nitrogen functional groups attached to an aromatic ring is 1. The van der Waals surface area contributed by atoms with E-state index in [1.54, 1.807) is 0 Å². The van der Waals surface area contributed by atoms with Gasteiger partial charge in [-0.3, -0.25) is 10.1 Å². The van der Waals surface area contributed by atoms with E-state index in [2.05, 4.69) is 10.3 Å². The molecular weight excluding hydrogens is 234 g/mol. The van der Waals surface area contributed by atoms with E-state index in [-0.39, 0.29) is 16.5 Å². The standard InChI is InChI=1S/C8H6ClN5O2/c9-6-3-5(1-2-7(6)14(15)16)13-4-8(10)11-12-13/h1-4H,10H2. The highest BCUT2D eigenvalue weighted by atomic mass is 35.5. The van der Waals surface area contributed by atoms with E-state index < -0.39 is 4.92 Å². The van der Waals surface area contributed by atoms with Crippen molar-refractivity contribution in [3.63, 3.8) is 0 Å². The van der Waals surface area contributed by atoms with E-state index in [0.29, 0.717) is 5.69 Å². The molecule has 82 valence electrons. The molecule has 0 saturated carbocycles. The number of anilines is 1. The molecule has 1 aromatic carbocycles. The van der Waals surface area contributed by atoms with Crippen LogP contribution in [0.5, 0.6) is 0 Å². The number of benzene rings is 1. The molecule has 0 radical (unpaired) electrons. The Hall–Kier alpha value is -2.15. The number of nitro benzene ring substituents is 1. The maximum Gasteiger partial charge on any atom is 0.288 e. The zero-order chi connectivity index (χ0) is 11.7. The molecule has 0 spiro atoms. The lowest BCUT2D eigenvalue weighted by atomic mass is 10.3. The average molecular weight is 240 g/mol. The lowest BCUT2D eigenvalue weighted by Crippen LogP contribution is -1.96. The SMILES string of the molecule is Nc1cn(-c2ccc([N+](=O)[O-])c(Cl)c2)nn1. The number of nitro groups is 1. The number of hydrogen-bond acceptors (Lipinski definition) is 5. The summed E-state index contributed by atoms with van der Waals surface area (Å²) in [6, 6.07) is 4.24. The van der Waals surface area contributed by atoms with Crippen LogP contribution in [-0.4, -0.2) is 19.9 Å². The minimum Gasteiger partial charge on any atom is -0.381 e. The van der Waals surface area contributed by atoms with Crippen molar-refractivity contribution in [1.82, 2.24) is 15.0 Å². The topological polar surface area (TPSA) is 99.9 Å². The van der Waals surface area contributed by atoms with Gasteiger partial charge >= 0.3 is 0 Å².